The van der Waals surface area contributed by atoms with Crippen LogP contribution < -0.4 is 4.74 Å². The van der Waals surface area contributed by atoms with E-state index in [4.69, 9.17) is 13.6 Å². The third-order valence-corrected chi connectivity index (χ3v) is 6.56. The number of aryl methyl sites for hydroxylation is 2. The van der Waals surface area contributed by atoms with Gasteiger partial charge in [-0.15, -0.1) is 0 Å². The molecule has 5 aromatic rings. The van der Waals surface area contributed by atoms with Crippen molar-refractivity contribution in [2.45, 2.75) is 40.0 Å². The maximum absolute atomic E-state index is 6.59. The van der Waals surface area contributed by atoms with Crippen molar-refractivity contribution in [2.24, 2.45) is 0 Å². The number of benzene rings is 3. The Hall–Kier alpha value is -3.98. The molecular weight excluding hydrogens is 444 g/mol. The molecule has 2 heterocycles. The Kier molecular flexibility index (Phi) is 6.09. The molecule has 0 saturated carbocycles. The second-order valence-corrected chi connectivity index (χ2v) is 10.4. The van der Waals surface area contributed by atoms with Gasteiger partial charge >= 0.3 is 0 Å². The smallest absolute Gasteiger partial charge is 0.145 e. The average molecular weight is 477 g/mol. The Labute approximate surface area is 213 Å². The summed E-state index contributed by atoms with van der Waals surface area (Å²) in [6, 6.07) is 27.3. The Morgan fingerprint density at radius 2 is 1.28 bits per heavy atom. The number of ether oxygens (including phenoxy) is 1. The standard InChI is InChI=1S/C33H32O3/c1-21-17-22(2)19-25(18-21)31-29(20-30(36-31)24-7-11-26(12-8-24)33(3,4)5)32-28(15-16-35-32)23-9-13-27(34-6)14-10-23/h7-20H,1-6H3. The first kappa shape index (κ1) is 23.7. The van der Waals surface area contributed by atoms with Crippen LogP contribution in [0.4, 0.5) is 0 Å². The molecule has 0 amide bonds. The summed E-state index contributed by atoms with van der Waals surface area (Å²) in [5.74, 6) is 3.23. The highest BCUT2D eigenvalue weighted by molar-refractivity contribution is 5.89. The SMILES string of the molecule is COc1ccc(-c2ccoc2-c2cc(-c3ccc(C(C)(C)C)cc3)oc2-c2cc(C)cc(C)c2)cc1. The van der Waals surface area contributed by atoms with Gasteiger partial charge in [0.25, 0.3) is 0 Å². The van der Waals surface area contributed by atoms with E-state index in [1.807, 2.05) is 18.2 Å². The van der Waals surface area contributed by atoms with E-state index >= 15 is 0 Å². The summed E-state index contributed by atoms with van der Waals surface area (Å²) >= 11 is 0. The van der Waals surface area contributed by atoms with Crippen LogP contribution in [-0.2, 0) is 5.41 Å². The largest absolute Gasteiger partial charge is 0.497 e. The van der Waals surface area contributed by atoms with Crippen molar-refractivity contribution >= 4 is 0 Å². The van der Waals surface area contributed by atoms with Gasteiger partial charge in [0, 0.05) is 16.7 Å². The van der Waals surface area contributed by atoms with Gasteiger partial charge < -0.3 is 13.6 Å². The van der Waals surface area contributed by atoms with E-state index in [9.17, 15) is 0 Å². The van der Waals surface area contributed by atoms with Crippen LogP contribution in [0.2, 0.25) is 0 Å². The molecule has 0 N–H and O–H groups in total. The predicted octanol–water partition coefficient (Wildman–Crippen LogP) is 9.46. The van der Waals surface area contributed by atoms with Gasteiger partial charge in [0.2, 0.25) is 0 Å². The Balaban J connectivity index is 1.67. The van der Waals surface area contributed by atoms with Crippen LogP contribution in [0.15, 0.2) is 94.0 Å². The number of hydrogen-bond donors (Lipinski definition) is 0. The fraction of sp³-hybridized carbons (Fsp3) is 0.212. The van der Waals surface area contributed by atoms with E-state index in [2.05, 4.69) is 95.3 Å². The van der Waals surface area contributed by atoms with Crippen molar-refractivity contribution < 1.29 is 13.6 Å². The molecule has 182 valence electrons. The Morgan fingerprint density at radius 1 is 0.639 bits per heavy atom. The van der Waals surface area contributed by atoms with Crippen LogP contribution in [0.1, 0.15) is 37.5 Å². The molecule has 3 nitrogen and oxygen atoms in total. The lowest BCUT2D eigenvalue weighted by Gasteiger charge is -2.18. The van der Waals surface area contributed by atoms with Crippen molar-refractivity contribution in [3.8, 4) is 50.8 Å². The molecule has 2 aromatic heterocycles. The highest BCUT2D eigenvalue weighted by atomic mass is 16.5. The van der Waals surface area contributed by atoms with E-state index in [-0.39, 0.29) is 5.41 Å². The van der Waals surface area contributed by atoms with Gasteiger partial charge in [-0.25, -0.2) is 0 Å². The third kappa shape index (κ3) is 4.61. The van der Waals surface area contributed by atoms with Gasteiger partial charge in [-0.2, -0.15) is 0 Å². The zero-order valence-electron chi connectivity index (χ0n) is 21.8. The summed E-state index contributed by atoms with van der Waals surface area (Å²) in [6.07, 6.45) is 1.74. The van der Waals surface area contributed by atoms with Crippen molar-refractivity contribution in [2.75, 3.05) is 7.11 Å². The van der Waals surface area contributed by atoms with Crippen molar-refractivity contribution in [1.29, 1.82) is 0 Å². The second-order valence-electron chi connectivity index (χ2n) is 10.4. The zero-order valence-corrected chi connectivity index (χ0v) is 21.8. The monoisotopic (exact) mass is 476 g/mol. The molecule has 0 aliphatic heterocycles. The van der Waals surface area contributed by atoms with Gasteiger partial charge in [0.1, 0.15) is 23.0 Å². The quantitative estimate of drug-likeness (QED) is 0.253. The molecule has 0 bridgehead atoms. The highest BCUT2D eigenvalue weighted by Gasteiger charge is 2.22. The minimum atomic E-state index is 0.0958. The molecule has 5 rings (SSSR count). The van der Waals surface area contributed by atoms with E-state index in [1.54, 1.807) is 13.4 Å². The first-order valence-electron chi connectivity index (χ1n) is 12.3. The summed E-state index contributed by atoms with van der Waals surface area (Å²) in [5, 5.41) is 0. The van der Waals surface area contributed by atoms with Crippen LogP contribution in [0, 0.1) is 13.8 Å². The molecule has 0 unspecified atom stereocenters. The molecule has 0 aliphatic carbocycles. The van der Waals surface area contributed by atoms with E-state index in [1.165, 1.54) is 16.7 Å². The van der Waals surface area contributed by atoms with Gasteiger partial charge in [-0.1, -0.05) is 74.4 Å². The average Bonchev–Trinajstić information content (AvgIpc) is 3.50. The summed E-state index contributed by atoms with van der Waals surface area (Å²) < 4.78 is 18.0. The number of methoxy groups -OCH3 is 1. The van der Waals surface area contributed by atoms with Crippen molar-refractivity contribution in [3.05, 3.63) is 102 Å². The lowest BCUT2D eigenvalue weighted by Crippen LogP contribution is -2.10. The van der Waals surface area contributed by atoms with Crippen LogP contribution >= 0.6 is 0 Å². The van der Waals surface area contributed by atoms with E-state index < -0.39 is 0 Å². The molecule has 0 saturated heterocycles. The molecule has 0 atom stereocenters. The number of hydrogen-bond acceptors (Lipinski definition) is 3. The molecular formula is C33H32O3. The van der Waals surface area contributed by atoms with Crippen LogP contribution in [0.5, 0.6) is 5.75 Å². The zero-order chi connectivity index (χ0) is 25.4. The maximum atomic E-state index is 6.59. The number of furan rings is 2. The molecule has 0 radical (unpaired) electrons. The van der Waals surface area contributed by atoms with Gasteiger partial charge in [0.05, 0.1) is 18.9 Å². The minimum Gasteiger partial charge on any atom is -0.497 e. The maximum Gasteiger partial charge on any atom is 0.145 e. The molecule has 0 aliphatic rings. The lowest BCUT2D eigenvalue weighted by molar-refractivity contribution is 0.415. The summed E-state index contributed by atoms with van der Waals surface area (Å²) in [7, 11) is 1.68. The van der Waals surface area contributed by atoms with Crippen molar-refractivity contribution in [1.82, 2.24) is 0 Å². The molecule has 36 heavy (non-hydrogen) atoms. The first-order chi connectivity index (χ1) is 17.2. The minimum absolute atomic E-state index is 0.0958. The Bertz CT molecular complexity index is 1470. The summed E-state index contributed by atoms with van der Waals surface area (Å²) in [6.45, 7) is 10.9. The summed E-state index contributed by atoms with van der Waals surface area (Å²) in [5.41, 5.74) is 8.86. The predicted molar refractivity (Wildman–Crippen MR) is 147 cm³/mol. The van der Waals surface area contributed by atoms with Crippen LogP contribution in [0.3, 0.4) is 0 Å². The van der Waals surface area contributed by atoms with Gasteiger partial charge in [-0.05, 0) is 66.8 Å². The van der Waals surface area contributed by atoms with Crippen molar-refractivity contribution in [3.63, 3.8) is 0 Å². The molecule has 3 heteroatoms. The first-order valence-corrected chi connectivity index (χ1v) is 12.3. The topological polar surface area (TPSA) is 35.5 Å². The summed E-state index contributed by atoms with van der Waals surface area (Å²) in [4.78, 5) is 0. The van der Waals surface area contributed by atoms with Crippen LogP contribution in [0.25, 0.3) is 45.1 Å². The normalized spacial score (nSPS) is 11.6. The van der Waals surface area contributed by atoms with Gasteiger partial charge in [-0.3, -0.25) is 0 Å². The van der Waals surface area contributed by atoms with E-state index in [0.29, 0.717) is 0 Å². The molecule has 3 aromatic carbocycles. The molecule has 0 fully saturated rings. The lowest BCUT2D eigenvalue weighted by atomic mass is 9.86. The second kappa shape index (κ2) is 9.23. The van der Waals surface area contributed by atoms with Crippen LogP contribution in [-0.4, -0.2) is 7.11 Å². The highest BCUT2D eigenvalue weighted by Crippen LogP contribution is 2.43. The fourth-order valence-electron chi connectivity index (χ4n) is 4.67. The van der Waals surface area contributed by atoms with Gasteiger partial charge in [0.15, 0.2) is 0 Å². The molecule has 0 spiro atoms. The number of rotatable bonds is 5. The fourth-order valence-corrected chi connectivity index (χ4v) is 4.67. The Morgan fingerprint density at radius 3 is 1.89 bits per heavy atom. The third-order valence-electron chi connectivity index (χ3n) is 6.56. The van der Waals surface area contributed by atoms with E-state index in [0.717, 1.165) is 50.8 Å².